The number of carbonyl (C=O) groups excluding carboxylic acids is 4. The summed E-state index contributed by atoms with van der Waals surface area (Å²) in [6.45, 7) is 17.6. The zero-order chi connectivity index (χ0) is 26.9. The first-order valence-electron chi connectivity index (χ1n) is 11.8. The van der Waals surface area contributed by atoms with E-state index in [1.54, 1.807) is 13.8 Å². The lowest BCUT2D eigenvalue weighted by molar-refractivity contribution is -0.149. The zero-order valence-corrected chi connectivity index (χ0v) is 21.8. The fourth-order valence-electron chi connectivity index (χ4n) is 3.10. The Balaban J connectivity index is 3.88. The van der Waals surface area contributed by atoms with Gasteiger partial charge in [0.15, 0.2) is 0 Å². The summed E-state index contributed by atoms with van der Waals surface area (Å²) < 4.78 is 19.7. The maximum Gasteiger partial charge on any atom is 0.407 e. The van der Waals surface area contributed by atoms with Crippen molar-refractivity contribution in [3.63, 3.8) is 0 Å². The van der Waals surface area contributed by atoms with Gasteiger partial charge in [-0.15, -0.1) is 0 Å². The Hall–Kier alpha value is -2.88. The summed E-state index contributed by atoms with van der Waals surface area (Å²) >= 11 is 0. The van der Waals surface area contributed by atoms with Crippen LogP contribution >= 0.6 is 0 Å². The number of hydrogen-bond donors (Lipinski definition) is 2. The molecule has 200 valence electrons. The van der Waals surface area contributed by atoms with Crippen LogP contribution in [0.15, 0.2) is 24.3 Å². The maximum absolute atomic E-state index is 11.7. The predicted octanol–water partition coefficient (Wildman–Crippen LogP) is 2.92. The van der Waals surface area contributed by atoms with Gasteiger partial charge >= 0.3 is 24.0 Å². The summed E-state index contributed by atoms with van der Waals surface area (Å²) in [5, 5.41) is 5.76. The van der Waals surface area contributed by atoms with E-state index < -0.39 is 24.0 Å². The van der Waals surface area contributed by atoms with E-state index in [1.165, 1.54) is 0 Å². The average Bonchev–Trinajstić information content (AvgIpc) is 2.76. The minimum Gasteiger partial charge on any atom is -0.461 e. The van der Waals surface area contributed by atoms with E-state index in [2.05, 4.69) is 44.6 Å². The molecule has 1 unspecified atom stereocenters. The van der Waals surface area contributed by atoms with Crippen molar-refractivity contribution in [2.75, 3.05) is 46.1 Å². The third-order valence-electron chi connectivity index (χ3n) is 4.88. The molecular weight excluding hydrogens is 456 g/mol. The second kappa shape index (κ2) is 17.5. The first-order valence-corrected chi connectivity index (χ1v) is 11.8. The van der Waals surface area contributed by atoms with Gasteiger partial charge in [-0.1, -0.05) is 33.9 Å². The Bertz CT molecular complexity index is 733. The van der Waals surface area contributed by atoms with Gasteiger partial charge in [-0.2, -0.15) is 0 Å². The van der Waals surface area contributed by atoms with Crippen LogP contribution in [0.2, 0.25) is 0 Å². The summed E-state index contributed by atoms with van der Waals surface area (Å²) in [6.07, 6.45) is 2.05. The molecule has 1 atom stereocenters. The molecule has 10 nitrogen and oxygen atoms in total. The molecule has 0 saturated heterocycles. The summed E-state index contributed by atoms with van der Waals surface area (Å²) in [5.74, 6) is -1.02. The minimum atomic E-state index is -0.551. The van der Waals surface area contributed by atoms with Gasteiger partial charge in [0.2, 0.25) is 0 Å². The molecule has 0 aromatic carbocycles. The molecule has 0 spiro atoms. The summed E-state index contributed by atoms with van der Waals surface area (Å²) in [4.78, 5) is 45.9. The summed E-state index contributed by atoms with van der Waals surface area (Å²) in [5.41, 5.74) is 0.592. The third-order valence-corrected chi connectivity index (χ3v) is 4.88. The fraction of sp³-hybridized carbons (Fsp3) is 0.680. The standard InChI is InChI=1S/C25H42N2O8/c1-18(2)22(29)33-13-12-32-21(28)17-26-10-8-20(5)16-25(6,7)9-11-27-24(31)35-15-14-34-23(30)19(3)4/h20,26H,1,3,8-17H2,2,4-7H3,(H,27,31). The third kappa shape index (κ3) is 18.2. The quantitative estimate of drug-likeness (QED) is 0.127. The smallest absolute Gasteiger partial charge is 0.407 e. The van der Waals surface area contributed by atoms with E-state index in [4.69, 9.17) is 18.9 Å². The first-order chi connectivity index (χ1) is 16.3. The van der Waals surface area contributed by atoms with Crippen molar-refractivity contribution in [1.29, 1.82) is 0 Å². The van der Waals surface area contributed by atoms with Crippen LogP contribution in [0.5, 0.6) is 0 Å². The average molecular weight is 499 g/mol. The Morgan fingerprint density at radius 1 is 0.829 bits per heavy atom. The van der Waals surface area contributed by atoms with Crippen molar-refractivity contribution in [3.05, 3.63) is 24.3 Å². The molecule has 0 aliphatic rings. The highest BCUT2D eigenvalue weighted by molar-refractivity contribution is 5.87. The van der Waals surface area contributed by atoms with Crippen LogP contribution in [0.25, 0.3) is 0 Å². The Labute approximate surface area is 208 Å². The maximum atomic E-state index is 11.7. The van der Waals surface area contributed by atoms with Crippen molar-refractivity contribution in [2.24, 2.45) is 11.3 Å². The molecule has 1 amide bonds. The van der Waals surface area contributed by atoms with Crippen molar-refractivity contribution in [2.45, 2.75) is 53.9 Å². The molecule has 35 heavy (non-hydrogen) atoms. The van der Waals surface area contributed by atoms with Crippen molar-refractivity contribution in [1.82, 2.24) is 10.6 Å². The van der Waals surface area contributed by atoms with Gasteiger partial charge in [0.1, 0.15) is 26.4 Å². The summed E-state index contributed by atoms with van der Waals surface area (Å²) in [7, 11) is 0. The van der Waals surface area contributed by atoms with Gasteiger partial charge in [-0.3, -0.25) is 4.79 Å². The predicted molar refractivity (Wildman–Crippen MR) is 132 cm³/mol. The molecule has 0 rings (SSSR count). The fourth-order valence-corrected chi connectivity index (χ4v) is 3.10. The number of nitrogens with one attached hydrogen (secondary N) is 2. The van der Waals surface area contributed by atoms with Gasteiger partial charge in [-0.05, 0) is 51.0 Å². The van der Waals surface area contributed by atoms with Gasteiger partial charge in [0.05, 0.1) is 6.54 Å². The second-order valence-electron chi connectivity index (χ2n) is 9.30. The lowest BCUT2D eigenvalue weighted by atomic mass is 9.79. The Kier molecular flexibility index (Phi) is 16.1. The monoisotopic (exact) mass is 498 g/mol. The van der Waals surface area contributed by atoms with Gasteiger partial charge in [-0.25, -0.2) is 14.4 Å². The van der Waals surface area contributed by atoms with Crippen molar-refractivity contribution in [3.8, 4) is 0 Å². The molecule has 0 saturated carbocycles. The van der Waals surface area contributed by atoms with Crippen LogP contribution in [-0.2, 0) is 33.3 Å². The van der Waals surface area contributed by atoms with Crippen LogP contribution < -0.4 is 10.6 Å². The highest BCUT2D eigenvalue weighted by Gasteiger charge is 2.21. The largest absolute Gasteiger partial charge is 0.461 e. The molecule has 0 aliphatic carbocycles. The summed E-state index contributed by atoms with van der Waals surface area (Å²) in [6, 6.07) is 0. The number of carbonyl (C=O) groups is 4. The van der Waals surface area contributed by atoms with Crippen LogP contribution in [0.1, 0.15) is 53.9 Å². The van der Waals surface area contributed by atoms with E-state index in [9.17, 15) is 19.2 Å². The van der Waals surface area contributed by atoms with Gasteiger partial charge in [0, 0.05) is 17.7 Å². The van der Waals surface area contributed by atoms with Crippen molar-refractivity contribution < 1.29 is 38.1 Å². The lowest BCUT2D eigenvalue weighted by Gasteiger charge is -2.28. The van der Waals surface area contributed by atoms with Crippen molar-refractivity contribution >= 4 is 24.0 Å². The molecule has 0 aromatic heterocycles. The highest BCUT2D eigenvalue weighted by Crippen LogP contribution is 2.30. The van der Waals surface area contributed by atoms with E-state index in [0.717, 1.165) is 19.3 Å². The van der Waals surface area contributed by atoms with E-state index in [0.29, 0.717) is 30.2 Å². The van der Waals surface area contributed by atoms with E-state index in [1.807, 2.05) is 0 Å². The number of amides is 1. The van der Waals surface area contributed by atoms with Crippen LogP contribution in [0.4, 0.5) is 4.79 Å². The Morgan fingerprint density at radius 2 is 1.34 bits per heavy atom. The zero-order valence-electron chi connectivity index (χ0n) is 21.8. The number of esters is 3. The molecule has 0 fully saturated rings. The normalized spacial score (nSPS) is 11.7. The molecule has 0 aliphatic heterocycles. The highest BCUT2D eigenvalue weighted by atomic mass is 16.6. The number of rotatable bonds is 18. The topological polar surface area (TPSA) is 129 Å². The first kappa shape index (κ1) is 32.1. The number of alkyl carbamates (subject to hydrolysis) is 1. The number of ether oxygens (including phenoxy) is 4. The van der Waals surface area contributed by atoms with Crippen LogP contribution in [-0.4, -0.2) is 70.1 Å². The lowest BCUT2D eigenvalue weighted by Crippen LogP contribution is -2.31. The van der Waals surface area contributed by atoms with Crippen LogP contribution in [0.3, 0.4) is 0 Å². The SMILES string of the molecule is C=C(C)C(=O)OCCOC(=O)CNCCC(C)CC(C)(C)CCNC(=O)OCCOC(=O)C(=C)C. The molecule has 0 bridgehead atoms. The molecule has 0 heterocycles. The minimum absolute atomic E-state index is 0.000999. The molecule has 10 heteroatoms. The van der Waals surface area contributed by atoms with Crippen LogP contribution in [0, 0.1) is 11.3 Å². The number of hydrogen-bond acceptors (Lipinski definition) is 9. The molecule has 0 radical (unpaired) electrons. The molecule has 2 N–H and O–H groups in total. The Morgan fingerprint density at radius 3 is 1.89 bits per heavy atom. The van der Waals surface area contributed by atoms with Gasteiger partial charge < -0.3 is 29.6 Å². The van der Waals surface area contributed by atoms with E-state index >= 15 is 0 Å². The second-order valence-corrected chi connectivity index (χ2v) is 9.30. The molecular formula is C25H42N2O8. The van der Waals surface area contributed by atoms with E-state index in [-0.39, 0.29) is 38.4 Å². The molecule has 0 aromatic rings. The van der Waals surface area contributed by atoms with Gasteiger partial charge in [0.25, 0.3) is 0 Å².